The maximum Gasteiger partial charge on any atom is 0.311 e. The fraction of sp³-hybridized carbons (Fsp3) is 0.467. The van der Waals surface area contributed by atoms with E-state index < -0.39 is 4.92 Å². The minimum absolute atomic E-state index is 0.00750. The summed E-state index contributed by atoms with van der Waals surface area (Å²) in [5, 5.41) is 19.0. The summed E-state index contributed by atoms with van der Waals surface area (Å²) in [7, 11) is 0. The third-order valence-electron chi connectivity index (χ3n) is 4.08. The molecule has 3 rings (SSSR count). The number of nitro groups is 1. The molecule has 2 aromatic rings. The molecule has 0 spiro atoms. The van der Waals surface area contributed by atoms with E-state index in [1.807, 2.05) is 17.8 Å². The molecule has 0 saturated carbocycles. The molecule has 1 aliphatic rings. The van der Waals surface area contributed by atoms with Crippen molar-refractivity contribution in [2.75, 3.05) is 24.6 Å². The summed E-state index contributed by atoms with van der Waals surface area (Å²) in [4.78, 5) is 12.9. The average molecular weight is 317 g/mol. The molecule has 1 aromatic carbocycles. The molecule has 1 aromatic heterocycles. The van der Waals surface area contributed by atoms with Crippen molar-refractivity contribution < 1.29 is 9.66 Å². The van der Waals surface area contributed by atoms with E-state index in [0.717, 1.165) is 31.6 Å². The fourth-order valence-corrected chi connectivity index (χ4v) is 2.92. The van der Waals surface area contributed by atoms with Gasteiger partial charge in [0.05, 0.1) is 23.8 Å². The molecule has 8 heteroatoms. The van der Waals surface area contributed by atoms with Crippen molar-refractivity contribution in [2.45, 2.75) is 25.8 Å². The molecular formula is C15H19N5O3. The Balaban J connectivity index is 1.73. The number of piperidine rings is 1. The maximum absolute atomic E-state index is 11.1. The number of benzene rings is 1. The highest BCUT2D eigenvalue weighted by molar-refractivity contribution is 5.59. The smallest absolute Gasteiger partial charge is 0.311 e. The quantitative estimate of drug-likeness (QED) is 0.622. The van der Waals surface area contributed by atoms with Crippen LogP contribution in [0.4, 0.5) is 11.4 Å². The second-order valence-electron chi connectivity index (χ2n) is 5.44. The van der Waals surface area contributed by atoms with Gasteiger partial charge in [-0.2, -0.15) is 0 Å². The molecule has 0 aliphatic carbocycles. The lowest BCUT2D eigenvalue weighted by molar-refractivity contribution is -0.385. The van der Waals surface area contributed by atoms with E-state index in [1.54, 1.807) is 18.3 Å². The summed E-state index contributed by atoms with van der Waals surface area (Å²) in [6, 6.07) is 5.43. The van der Waals surface area contributed by atoms with E-state index in [4.69, 9.17) is 4.74 Å². The first-order chi connectivity index (χ1) is 11.2. The number of nitrogens with zero attached hydrogens (tertiary/aromatic N) is 5. The van der Waals surface area contributed by atoms with Gasteiger partial charge in [0.25, 0.3) is 0 Å². The molecule has 8 nitrogen and oxygen atoms in total. The van der Waals surface area contributed by atoms with Gasteiger partial charge in [-0.1, -0.05) is 5.21 Å². The monoisotopic (exact) mass is 317 g/mol. The molecule has 0 amide bonds. The van der Waals surface area contributed by atoms with Crippen molar-refractivity contribution in [3.8, 4) is 5.75 Å². The topological polar surface area (TPSA) is 86.3 Å². The molecule has 1 saturated heterocycles. The van der Waals surface area contributed by atoms with E-state index in [9.17, 15) is 10.1 Å². The number of anilines is 1. The predicted molar refractivity (Wildman–Crippen MR) is 84.8 cm³/mol. The Hall–Kier alpha value is -2.64. The molecule has 2 heterocycles. The predicted octanol–water partition coefficient (Wildman–Crippen LogP) is 2.43. The van der Waals surface area contributed by atoms with Gasteiger partial charge >= 0.3 is 5.69 Å². The van der Waals surface area contributed by atoms with Crippen LogP contribution in [0, 0.1) is 10.1 Å². The molecule has 122 valence electrons. The van der Waals surface area contributed by atoms with E-state index in [2.05, 4.69) is 15.2 Å². The van der Waals surface area contributed by atoms with Gasteiger partial charge in [-0.15, -0.1) is 5.10 Å². The number of hydrogen-bond donors (Lipinski definition) is 0. The van der Waals surface area contributed by atoms with Crippen LogP contribution in [0.2, 0.25) is 0 Å². The van der Waals surface area contributed by atoms with Crippen LogP contribution < -0.4 is 9.64 Å². The molecule has 0 unspecified atom stereocenters. The van der Waals surface area contributed by atoms with Crippen LogP contribution in [0.1, 0.15) is 25.8 Å². The van der Waals surface area contributed by atoms with Gasteiger partial charge in [0.2, 0.25) is 0 Å². The second kappa shape index (κ2) is 6.64. The molecular weight excluding hydrogens is 298 g/mol. The van der Waals surface area contributed by atoms with Gasteiger partial charge in [-0.05, 0) is 25.8 Å². The molecule has 0 bridgehead atoms. The standard InChI is InChI=1S/C15H19N5O3/c1-2-23-15-11-13(3-4-14(15)20(21)22)18-8-5-12(6-9-18)19-10-7-16-17-19/h3-4,7,10-12H,2,5-6,8-9H2,1H3. The first-order valence-electron chi connectivity index (χ1n) is 7.71. The molecule has 0 atom stereocenters. The van der Waals surface area contributed by atoms with E-state index in [1.165, 1.54) is 6.07 Å². The van der Waals surface area contributed by atoms with E-state index in [-0.39, 0.29) is 5.69 Å². The highest BCUT2D eigenvalue weighted by Gasteiger charge is 2.23. The lowest BCUT2D eigenvalue weighted by Gasteiger charge is -2.33. The largest absolute Gasteiger partial charge is 0.487 e. The molecule has 1 fully saturated rings. The van der Waals surface area contributed by atoms with Crippen LogP contribution in [0.15, 0.2) is 30.6 Å². The van der Waals surface area contributed by atoms with Gasteiger partial charge in [0, 0.05) is 37.1 Å². The number of ether oxygens (including phenoxy) is 1. The summed E-state index contributed by atoms with van der Waals surface area (Å²) in [6.45, 7) is 3.96. The molecule has 23 heavy (non-hydrogen) atoms. The Morgan fingerprint density at radius 2 is 2.17 bits per heavy atom. The van der Waals surface area contributed by atoms with Gasteiger partial charge < -0.3 is 9.64 Å². The van der Waals surface area contributed by atoms with Crippen LogP contribution >= 0.6 is 0 Å². The van der Waals surface area contributed by atoms with Crippen molar-refractivity contribution in [1.29, 1.82) is 0 Å². The zero-order valence-electron chi connectivity index (χ0n) is 13.0. The van der Waals surface area contributed by atoms with Gasteiger partial charge in [0.1, 0.15) is 0 Å². The summed E-state index contributed by atoms with van der Waals surface area (Å²) in [6.07, 6.45) is 5.51. The second-order valence-corrected chi connectivity index (χ2v) is 5.44. The van der Waals surface area contributed by atoms with Crippen molar-refractivity contribution >= 4 is 11.4 Å². The van der Waals surface area contributed by atoms with Gasteiger partial charge in [0.15, 0.2) is 5.75 Å². The van der Waals surface area contributed by atoms with Crippen molar-refractivity contribution in [3.05, 3.63) is 40.7 Å². The third-order valence-corrected chi connectivity index (χ3v) is 4.08. The van der Waals surface area contributed by atoms with Crippen LogP contribution in [-0.4, -0.2) is 39.6 Å². The van der Waals surface area contributed by atoms with E-state index >= 15 is 0 Å². The summed E-state index contributed by atoms with van der Waals surface area (Å²) in [5.74, 6) is 0.327. The fourth-order valence-electron chi connectivity index (χ4n) is 2.92. The van der Waals surface area contributed by atoms with Crippen molar-refractivity contribution in [2.24, 2.45) is 0 Å². The first kappa shape index (κ1) is 15.3. The lowest BCUT2D eigenvalue weighted by atomic mass is 10.0. The van der Waals surface area contributed by atoms with Crippen LogP contribution in [-0.2, 0) is 0 Å². The van der Waals surface area contributed by atoms with Gasteiger partial charge in [-0.3, -0.25) is 10.1 Å². The molecule has 0 radical (unpaired) electrons. The highest BCUT2D eigenvalue weighted by atomic mass is 16.6. The Bertz CT molecular complexity index is 666. The number of rotatable bonds is 5. The first-order valence-corrected chi connectivity index (χ1v) is 7.71. The molecule has 1 aliphatic heterocycles. The minimum atomic E-state index is -0.411. The van der Waals surface area contributed by atoms with Crippen LogP contribution in [0.25, 0.3) is 0 Å². The van der Waals surface area contributed by atoms with Crippen molar-refractivity contribution in [1.82, 2.24) is 15.0 Å². The minimum Gasteiger partial charge on any atom is -0.487 e. The number of nitro benzene ring substituents is 1. The Labute approximate surface area is 133 Å². The Morgan fingerprint density at radius 3 is 2.78 bits per heavy atom. The normalized spacial score (nSPS) is 15.6. The van der Waals surface area contributed by atoms with Gasteiger partial charge in [-0.25, -0.2) is 4.68 Å². The Kier molecular flexibility index (Phi) is 4.40. The summed E-state index contributed by atoms with van der Waals surface area (Å²) < 4.78 is 7.32. The number of hydrogen-bond acceptors (Lipinski definition) is 6. The zero-order valence-corrected chi connectivity index (χ0v) is 13.0. The SMILES string of the molecule is CCOc1cc(N2CCC(n3ccnn3)CC2)ccc1[N+](=O)[O-]. The maximum atomic E-state index is 11.1. The van der Waals surface area contributed by atoms with Crippen molar-refractivity contribution in [3.63, 3.8) is 0 Å². The van der Waals surface area contributed by atoms with Crippen LogP contribution in [0.3, 0.4) is 0 Å². The average Bonchev–Trinajstić information content (AvgIpc) is 3.09. The molecule has 0 N–H and O–H groups in total. The Morgan fingerprint density at radius 1 is 1.39 bits per heavy atom. The zero-order chi connectivity index (χ0) is 16.2. The lowest BCUT2D eigenvalue weighted by Crippen LogP contribution is -2.34. The number of aromatic nitrogens is 3. The van der Waals surface area contributed by atoms with Crippen LogP contribution in [0.5, 0.6) is 5.75 Å². The third kappa shape index (κ3) is 3.25. The van der Waals surface area contributed by atoms with E-state index in [0.29, 0.717) is 18.4 Å². The summed E-state index contributed by atoms with van der Waals surface area (Å²) >= 11 is 0. The highest BCUT2D eigenvalue weighted by Crippen LogP contribution is 2.33. The summed E-state index contributed by atoms with van der Waals surface area (Å²) in [5.41, 5.74) is 0.962.